The molecule has 0 radical (unpaired) electrons. The predicted octanol–water partition coefficient (Wildman–Crippen LogP) is 6.47. The highest BCUT2D eigenvalue weighted by Crippen LogP contribution is 2.43. The normalized spacial score (nSPS) is 35.5. The SMILES string of the molecule is CC[C@H]1OC(=O)[C@H](C)[C@@H](O[C@H]2C[C@@](C)(OC)[C@@H](O)[C@H](C)O2)[C@H](C)[C@@H](O[C@@H]2O[C@H](C)C[C@H](N(C)C(=O)N3CCOCC3)[C@H]2O)[C@](C)(OC)C[C@@H](C)C(=O)[C@H](C)[C@@H](NCCCOc2cc(C(=O)Nc3c(Cl)cncc3Cl)ccc2OC)[C@]1(C)OC=O. The number of hydrogen-bond acceptors (Lipinski definition) is 20. The molecule has 23 nitrogen and oxygen atoms in total. The van der Waals surface area contributed by atoms with Crippen molar-refractivity contribution < 1.29 is 86.3 Å². The molecule has 472 valence electrons. The second-order valence-corrected chi connectivity index (χ2v) is 24.1. The highest BCUT2D eigenvalue weighted by Gasteiger charge is 2.55. The molecule has 0 saturated carbocycles. The number of pyridine rings is 1. The molecule has 4 N–H and O–H groups in total. The van der Waals surface area contributed by atoms with Crippen molar-refractivity contribution in [1.82, 2.24) is 20.1 Å². The first-order valence-electron chi connectivity index (χ1n) is 28.9. The highest BCUT2D eigenvalue weighted by atomic mass is 35.5. The number of aliphatic hydroxyl groups excluding tert-OH is 2. The zero-order valence-electron chi connectivity index (χ0n) is 50.9. The van der Waals surface area contributed by atoms with E-state index in [0.717, 1.165) is 0 Å². The van der Waals surface area contributed by atoms with Crippen molar-refractivity contribution in [2.24, 2.45) is 23.7 Å². The second kappa shape index (κ2) is 29.9. The lowest BCUT2D eigenvalue weighted by molar-refractivity contribution is -0.319. The first-order chi connectivity index (χ1) is 39.7. The number of nitrogens with one attached hydrogen (secondary N) is 2. The largest absolute Gasteiger partial charge is 0.493 e. The summed E-state index contributed by atoms with van der Waals surface area (Å²) in [6.45, 7) is 19.5. The molecule has 1 aromatic carbocycles. The van der Waals surface area contributed by atoms with Crippen molar-refractivity contribution in [2.45, 2.75) is 186 Å². The van der Waals surface area contributed by atoms with Gasteiger partial charge in [-0.25, -0.2) is 4.79 Å². The molecule has 0 aliphatic carbocycles. The van der Waals surface area contributed by atoms with Gasteiger partial charge in [-0.05, 0) is 92.0 Å². The molecular formula is C59H89Cl2N5O18. The Balaban J connectivity index is 1.35. The molecule has 4 aliphatic heterocycles. The van der Waals surface area contributed by atoms with Gasteiger partial charge in [0.1, 0.15) is 24.1 Å². The zero-order chi connectivity index (χ0) is 62.0. The van der Waals surface area contributed by atoms with E-state index >= 15 is 9.59 Å². The van der Waals surface area contributed by atoms with E-state index in [4.69, 9.17) is 75.3 Å². The Kier molecular flexibility index (Phi) is 24.5. The van der Waals surface area contributed by atoms with Crippen molar-refractivity contribution in [3.63, 3.8) is 0 Å². The first kappa shape index (κ1) is 68.6. The number of ketones is 1. The Labute approximate surface area is 503 Å². The van der Waals surface area contributed by atoms with Gasteiger partial charge in [0.2, 0.25) is 0 Å². The van der Waals surface area contributed by atoms with Gasteiger partial charge in [0.15, 0.2) is 29.7 Å². The van der Waals surface area contributed by atoms with Gasteiger partial charge in [-0.15, -0.1) is 0 Å². The van der Waals surface area contributed by atoms with Gasteiger partial charge in [0.25, 0.3) is 12.4 Å². The number of morpholine rings is 1. The lowest BCUT2D eigenvalue weighted by Crippen LogP contribution is -2.64. The molecule has 18 atom stereocenters. The number of esters is 1. The summed E-state index contributed by atoms with van der Waals surface area (Å²) in [5.74, 6) is -4.67. The number of cyclic esters (lactones) is 1. The number of amides is 3. The minimum Gasteiger partial charge on any atom is -0.493 e. The third kappa shape index (κ3) is 15.6. The van der Waals surface area contributed by atoms with E-state index in [1.807, 2.05) is 6.92 Å². The molecule has 0 spiro atoms. The minimum absolute atomic E-state index is 0.0138. The number of nitrogens with zero attached hydrogens (tertiary/aromatic N) is 3. The van der Waals surface area contributed by atoms with Crippen LogP contribution >= 0.6 is 23.2 Å². The number of hydrogen-bond donors (Lipinski definition) is 4. The van der Waals surface area contributed by atoms with Crippen LogP contribution in [0.5, 0.6) is 11.5 Å². The van der Waals surface area contributed by atoms with E-state index < -0.39 is 120 Å². The maximum Gasteiger partial charge on any atom is 0.320 e. The maximum atomic E-state index is 15.3. The number of anilines is 1. The number of benzene rings is 1. The molecule has 3 amide bonds. The zero-order valence-corrected chi connectivity index (χ0v) is 52.4. The lowest BCUT2D eigenvalue weighted by Gasteiger charge is -2.50. The van der Waals surface area contributed by atoms with Crippen LogP contribution < -0.4 is 20.1 Å². The van der Waals surface area contributed by atoms with E-state index in [1.165, 1.54) is 44.7 Å². The number of ether oxygens (including phenoxy) is 11. The molecular weight excluding hydrogens is 1140 g/mol. The third-order valence-electron chi connectivity index (χ3n) is 17.5. The summed E-state index contributed by atoms with van der Waals surface area (Å²) in [6, 6.07) is 2.61. The van der Waals surface area contributed by atoms with Crippen LogP contribution in [0.2, 0.25) is 10.0 Å². The fourth-order valence-electron chi connectivity index (χ4n) is 12.4. The summed E-state index contributed by atoms with van der Waals surface area (Å²) in [4.78, 5) is 77.6. The molecule has 5 heterocycles. The summed E-state index contributed by atoms with van der Waals surface area (Å²) < 4.78 is 68.9. The molecule has 2 aromatic rings. The van der Waals surface area contributed by atoms with Crippen LogP contribution in [-0.4, -0.2) is 207 Å². The molecule has 0 unspecified atom stereocenters. The standard InChI is InChI=1S/C59H89Cl2N5O18/c1-15-44-59(10,79-31-67)50(63-19-16-22-78-43-26-38(17-18-42(43)74-12)53(71)64-46-39(60)29-62-30-40(46)61)34(4)47(68)32(2)27-58(9,76-14)52(84-55-48(69)41(25-33(3)80-55)65(11)56(73)66-20-23-77-24-21-66)35(5)49(36(6)54(72)82-44)83-45-28-57(8,75-13)51(70)37(7)81-45/h17-18,26,29-37,41,44-45,48-52,55,63,69-70H,15-16,19-25,27-28H2,1-14H3,(H,62,64,71)/t32-,33-,34+,35+,36-,37+,41+,44-,45+,48-,49+,50-,51+,52-,55+,57-,58-,59-/m1/s1. The Morgan fingerprint density at radius 2 is 1.58 bits per heavy atom. The molecule has 84 heavy (non-hydrogen) atoms. The van der Waals surface area contributed by atoms with Crippen LogP contribution in [0.3, 0.4) is 0 Å². The van der Waals surface area contributed by atoms with Gasteiger partial charge in [0, 0.05) is 76.5 Å². The summed E-state index contributed by atoms with van der Waals surface area (Å²) >= 11 is 12.5. The quantitative estimate of drug-likeness (QED) is 0.0666. The van der Waals surface area contributed by atoms with Gasteiger partial charge in [-0.1, -0.05) is 50.9 Å². The monoisotopic (exact) mass is 1230 g/mol. The average Bonchev–Trinajstić information content (AvgIpc) is 3.53. The number of halogens is 2. The summed E-state index contributed by atoms with van der Waals surface area (Å²) in [5.41, 5.74) is -3.82. The van der Waals surface area contributed by atoms with Gasteiger partial charge in [0.05, 0.1) is 96.3 Å². The highest BCUT2D eigenvalue weighted by molar-refractivity contribution is 6.39. The Morgan fingerprint density at radius 1 is 0.917 bits per heavy atom. The van der Waals surface area contributed by atoms with Crippen molar-refractivity contribution in [3.05, 3.63) is 46.2 Å². The topological polar surface area (TPSA) is 271 Å². The number of methoxy groups -OCH3 is 3. The van der Waals surface area contributed by atoms with E-state index in [2.05, 4.69) is 15.6 Å². The molecule has 4 saturated heterocycles. The number of carbonyl (C=O) groups excluding carboxylic acids is 5. The number of Topliss-reactive ketones (excluding diaryl/α,β-unsaturated/α-hetero) is 1. The minimum atomic E-state index is -1.67. The van der Waals surface area contributed by atoms with Crippen LogP contribution in [0.4, 0.5) is 10.5 Å². The van der Waals surface area contributed by atoms with Crippen molar-refractivity contribution in [3.8, 4) is 11.5 Å². The van der Waals surface area contributed by atoms with Crippen LogP contribution in [0.25, 0.3) is 0 Å². The third-order valence-corrected chi connectivity index (χ3v) is 18.1. The van der Waals surface area contributed by atoms with Crippen LogP contribution in [0.15, 0.2) is 30.6 Å². The van der Waals surface area contributed by atoms with Crippen LogP contribution in [0.1, 0.15) is 112 Å². The first-order valence-corrected chi connectivity index (χ1v) is 29.7. The van der Waals surface area contributed by atoms with E-state index in [-0.39, 0.29) is 84.2 Å². The second-order valence-electron chi connectivity index (χ2n) is 23.3. The number of urea groups is 1. The van der Waals surface area contributed by atoms with Gasteiger partial charge < -0.3 is 82.8 Å². The summed E-state index contributed by atoms with van der Waals surface area (Å²) in [6.07, 6.45) is -6.10. The van der Waals surface area contributed by atoms with Crippen LogP contribution in [0, 0.1) is 23.7 Å². The van der Waals surface area contributed by atoms with Crippen molar-refractivity contribution >= 4 is 59.1 Å². The number of carbonyl (C=O) groups is 5. The molecule has 1 aromatic heterocycles. The van der Waals surface area contributed by atoms with Crippen molar-refractivity contribution in [1.29, 1.82) is 0 Å². The Morgan fingerprint density at radius 3 is 2.20 bits per heavy atom. The van der Waals surface area contributed by atoms with Crippen molar-refractivity contribution in [2.75, 3.05) is 73.1 Å². The smallest absolute Gasteiger partial charge is 0.320 e. The fraction of sp³-hybridized carbons (Fsp3) is 0.729. The van der Waals surface area contributed by atoms with Gasteiger partial charge in [-0.2, -0.15) is 0 Å². The number of aromatic nitrogens is 1. The lowest BCUT2D eigenvalue weighted by atomic mass is 9.73. The maximum absolute atomic E-state index is 15.3. The molecule has 0 bridgehead atoms. The molecule has 25 heteroatoms. The van der Waals surface area contributed by atoms with Gasteiger partial charge >= 0.3 is 12.0 Å². The van der Waals surface area contributed by atoms with E-state index in [9.17, 15) is 24.6 Å². The summed E-state index contributed by atoms with van der Waals surface area (Å²) in [5, 5.41) is 30.0. The number of aliphatic hydroxyl groups is 2. The average molecular weight is 1230 g/mol. The molecule has 4 aliphatic rings. The fourth-order valence-corrected chi connectivity index (χ4v) is 12.8. The Bertz CT molecular complexity index is 2530. The summed E-state index contributed by atoms with van der Waals surface area (Å²) in [7, 11) is 6.07. The Hall–Kier alpha value is -4.50. The number of likely N-dealkylation sites (N-methyl/N-ethyl adjacent to an activating group) is 1. The van der Waals surface area contributed by atoms with Gasteiger partial charge in [-0.3, -0.25) is 24.2 Å². The van der Waals surface area contributed by atoms with E-state index in [0.29, 0.717) is 38.5 Å². The van der Waals surface area contributed by atoms with E-state index in [1.54, 1.807) is 86.4 Å². The molecule has 6 rings (SSSR count). The van der Waals surface area contributed by atoms with Crippen LogP contribution in [-0.2, 0) is 57.0 Å². The molecule has 4 fully saturated rings. The predicted molar refractivity (Wildman–Crippen MR) is 309 cm³/mol. The number of rotatable bonds is 19.